The lowest BCUT2D eigenvalue weighted by atomic mass is 9.94. The Kier molecular flexibility index (Phi) is 5.30. The van der Waals surface area contributed by atoms with Crippen molar-refractivity contribution < 1.29 is 30.5 Å². The predicted molar refractivity (Wildman–Crippen MR) is 247 cm³/mol. The summed E-state index contributed by atoms with van der Waals surface area (Å²) in [5.41, 5.74) is 0.514. The second kappa shape index (κ2) is 15.3. The highest BCUT2D eigenvalue weighted by Crippen LogP contribution is 2.42. The lowest BCUT2D eigenvalue weighted by molar-refractivity contribution is 0.672. The van der Waals surface area contributed by atoms with Crippen molar-refractivity contribution in [2.45, 2.75) is 12.4 Å². The van der Waals surface area contributed by atoms with Crippen molar-refractivity contribution in [3.63, 3.8) is 0 Å². The standard InChI is InChI=1S/C56H41NO/c1-2-12-40-15-6-7-17-46(40)37-39-21-23-42(24-22-39)44-27-33-49(34-28-44)57(48-31-25-43(26-32-48)41-13-4-3-5-14-41)54-20-11-10-18-50(54)47-30-36-55-53(38-47)52-35-29-45-16-8-9-19-51(45)56(52)58-55/h2-31,33-38,48H,1,32H2/b40-12-,46-37+/i1D,2D,6D,7D,12D,15D,17D,21D,22D,23D,24D,25D,26D,27D,28D,31D,32D,33D,34D/b2-1?,40-12-,46-37+. The summed E-state index contributed by atoms with van der Waals surface area (Å²) in [5.74, 6) is 0. The van der Waals surface area contributed by atoms with E-state index in [0.29, 0.717) is 34.4 Å². The van der Waals surface area contributed by atoms with Crippen molar-refractivity contribution in [2.75, 3.05) is 4.90 Å². The fourth-order valence-corrected chi connectivity index (χ4v) is 7.11. The molecule has 9 aromatic rings. The third kappa shape index (κ3) is 6.65. The molecule has 1 aliphatic carbocycles. The Bertz CT molecular complexity index is 4180. The average Bonchev–Trinajstić information content (AvgIpc) is 3.89. The molecule has 0 spiro atoms. The zero-order valence-corrected chi connectivity index (χ0v) is 30.6. The molecule has 0 saturated heterocycles. The molecule has 2 atom stereocenters. The van der Waals surface area contributed by atoms with Crippen LogP contribution in [0.5, 0.6) is 0 Å². The van der Waals surface area contributed by atoms with Crippen molar-refractivity contribution in [1.82, 2.24) is 0 Å². The van der Waals surface area contributed by atoms with Crippen molar-refractivity contribution in [1.29, 1.82) is 0 Å². The van der Waals surface area contributed by atoms with Crippen LogP contribution in [0.4, 0.5) is 11.4 Å². The molecule has 0 saturated carbocycles. The van der Waals surface area contributed by atoms with Gasteiger partial charge in [0.15, 0.2) is 0 Å². The Morgan fingerprint density at radius 3 is 2.29 bits per heavy atom. The van der Waals surface area contributed by atoms with Crippen LogP contribution in [-0.4, -0.2) is 6.04 Å². The molecule has 8 aromatic carbocycles. The number of anilines is 2. The van der Waals surface area contributed by atoms with Crippen LogP contribution >= 0.6 is 0 Å². The molecule has 276 valence electrons. The van der Waals surface area contributed by atoms with Gasteiger partial charge in [-0.05, 0) is 98.0 Å². The van der Waals surface area contributed by atoms with E-state index in [9.17, 15) is 13.7 Å². The smallest absolute Gasteiger partial charge is 0.143 e. The Morgan fingerprint density at radius 1 is 0.690 bits per heavy atom. The van der Waals surface area contributed by atoms with Gasteiger partial charge in [-0.15, -0.1) is 0 Å². The summed E-state index contributed by atoms with van der Waals surface area (Å²) in [7, 11) is 0. The molecular formula is C56H41NO. The van der Waals surface area contributed by atoms with Gasteiger partial charge < -0.3 is 9.32 Å². The maximum Gasteiger partial charge on any atom is 0.143 e. The Balaban J connectivity index is 1.21. The summed E-state index contributed by atoms with van der Waals surface area (Å²) in [6.07, 6.45) is -0.771. The summed E-state index contributed by atoms with van der Waals surface area (Å²) < 4.78 is 178. The van der Waals surface area contributed by atoms with Gasteiger partial charge in [-0.2, -0.15) is 0 Å². The van der Waals surface area contributed by atoms with E-state index in [1.807, 2.05) is 42.5 Å². The maximum absolute atomic E-state index is 9.74. The molecule has 1 aromatic heterocycles. The molecule has 2 unspecified atom stereocenters. The van der Waals surface area contributed by atoms with E-state index in [4.69, 9.17) is 16.8 Å². The normalized spacial score (nSPS) is 21.6. The molecule has 10 rings (SSSR count). The van der Waals surface area contributed by atoms with Gasteiger partial charge in [0.05, 0.1) is 30.7 Å². The molecular weight excluding hydrogens is 703 g/mol. The summed E-state index contributed by atoms with van der Waals surface area (Å²) >= 11 is 0. The minimum absolute atomic E-state index is 0.0248. The molecule has 0 fully saturated rings. The van der Waals surface area contributed by atoms with Gasteiger partial charge in [-0.1, -0.05) is 182 Å². The molecule has 1 heterocycles. The van der Waals surface area contributed by atoms with Gasteiger partial charge in [-0.3, -0.25) is 0 Å². The largest absolute Gasteiger partial charge is 0.455 e. The first kappa shape index (κ1) is 20.1. The SMILES string of the molecule is [2H]C=C([2H])/C([2H])=c1/c([2H])c([2H])c([2H])c([2H])/c1=C\c1c([2H])c([2H])c(-c2c([2H])c([2H])c(N(c3ccccc3-c3ccc4oc5c6ccccc6ccc5c4c3)C3C([2H])=C([2H])C(c4ccccc4)=C([2H])C3[2H])c([2H])c2[2H])c([2H])c1[2H]. The molecule has 0 amide bonds. The Morgan fingerprint density at radius 2 is 1.45 bits per heavy atom. The topological polar surface area (TPSA) is 16.4 Å². The molecule has 58 heavy (non-hydrogen) atoms. The van der Waals surface area contributed by atoms with Gasteiger partial charge in [-0.25, -0.2) is 0 Å². The van der Waals surface area contributed by atoms with Crippen molar-refractivity contribution in [3.05, 3.63) is 234 Å². The number of para-hydroxylation sites is 1. The number of furan rings is 1. The van der Waals surface area contributed by atoms with E-state index in [-0.39, 0.29) is 17.3 Å². The average molecular weight is 763 g/mol. The van der Waals surface area contributed by atoms with Crippen LogP contribution in [0.2, 0.25) is 0 Å². The number of hydrogen-bond donors (Lipinski definition) is 0. The van der Waals surface area contributed by atoms with E-state index in [1.165, 1.54) is 4.90 Å². The number of fused-ring (bicyclic) bond motifs is 5. The Labute approximate surface area is 365 Å². The second-order valence-electron chi connectivity index (χ2n) is 13.3. The first-order valence-electron chi connectivity index (χ1n) is 28.0. The summed E-state index contributed by atoms with van der Waals surface area (Å²) in [6.45, 7) is 0.491. The lowest BCUT2D eigenvalue weighted by Crippen LogP contribution is -2.30. The van der Waals surface area contributed by atoms with Gasteiger partial charge in [0, 0.05) is 34.5 Å². The van der Waals surface area contributed by atoms with Crippen LogP contribution in [-0.2, 0) is 0 Å². The lowest BCUT2D eigenvalue weighted by Gasteiger charge is -2.35. The molecule has 0 radical (unpaired) electrons. The number of benzene rings is 8. The van der Waals surface area contributed by atoms with E-state index in [1.54, 1.807) is 66.7 Å². The summed E-state index contributed by atoms with van der Waals surface area (Å²) in [4.78, 5) is 1.26. The van der Waals surface area contributed by atoms with Crippen LogP contribution in [0, 0.1) is 0 Å². The van der Waals surface area contributed by atoms with Crippen LogP contribution < -0.4 is 15.3 Å². The third-order valence-electron chi connectivity index (χ3n) is 9.86. The van der Waals surface area contributed by atoms with E-state index in [2.05, 4.69) is 0 Å². The van der Waals surface area contributed by atoms with Crippen LogP contribution in [0.3, 0.4) is 0 Å². The molecule has 0 N–H and O–H groups in total. The van der Waals surface area contributed by atoms with Crippen molar-refractivity contribution in [3.8, 4) is 22.3 Å². The minimum Gasteiger partial charge on any atom is -0.455 e. The van der Waals surface area contributed by atoms with E-state index >= 15 is 0 Å². The van der Waals surface area contributed by atoms with Crippen molar-refractivity contribution in [2.24, 2.45) is 0 Å². The van der Waals surface area contributed by atoms with Crippen LogP contribution in [0.15, 0.2) is 217 Å². The monoisotopic (exact) mass is 762 g/mol. The highest BCUT2D eigenvalue weighted by Gasteiger charge is 2.24. The number of allylic oxidation sites excluding steroid dienone is 3. The Hall–Kier alpha value is -7.42. The third-order valence-corrected chi connectivity index (χ3v) is 9.86. The van der Waals surface area contributed by atoms with Gasteiger partial charge in [0.2, 0.25) is 0 Å². The van der Waals surface area contributed by atoms with Crippen LogP contribution in [0.1, 0.15) is 43.6 Å². The van der Waals surface area contributed by atoms with Gasteiger partial charge >= 0.3 is 0 Å². The molecule has 0 bridgehead atoms. The molecule has 2 nitrogen and oxygen atoms in total. The summed E-state index contributed by atoms with van der Waals surface area (Å²) in [5, 5.41) is 2.41. The first-order chi connectivity index (χ1) is 36.7. The number of rotatable bonds is 8. The summed E-state index contributed by atoms with van der Waals surface area (Å²) in [6, 6.07) is 18.3. The zero-order chi connectivity index (χ0) is 55.2. The van der Waals surface area contributed by atoms with Crippen molar-refractivity contribution >= 4 is 61.8 Å². The molecule has 2 heteroatoms. The van der Waals surface area contributed by atoms with Gasteiger partial charge in [0.1, 0.15) is 11.2 Å². The molecule has 1 aliphatic rings. The first-order valence-corrected chi connectivity index (χ1v) is 18.4. The predicted octanol–water partition coefficient (Wildman–Crippen LogP) is 13.4. The highest BCUT2D eigenvalue weighted by molar-refractivity contribution is 6.15. The number of hydrogen-bond acceptors (Lipinski definition) is 2. The van der Waals surface area contributed by atoms with E-state index in [0.717, 1.165) is 27.6 Å². The minimum atomic E-state index is -1.67. The maximum atomic E-state index is 9.74. The van der Waals surface area contributed by atoms with E-state index < -0.39 is 142 Å². The zero-order valence-electron chi connectivity index (χ0n) is 49.6. The second-order valence-corrected chi connectivity index (χ2v) is 13.3. The van der Waals surface area contributed by atoms with Crippen LogP contribution in [0.25, 0.3) is 72.7 Å². The fourth-order valence-electron chi connectivity index (χ4n) is 7.11. The fraction of sp³-hybridized carbons (Fsp3) is 0.0357. The quantitative estimate of drug-likeness (QED) is 0.153. The number of nitrogens with zero attached hydrogens (tertiary/aromatic N) is 1. The molecule has 0 aliphatic heterocycles. The highest BCUT2D eigenvalue weighted by atomic mass is 16.3. The van der Waals surface area contributed by atoms with Gasteiger partial charge in [0.25, 0.3) is 0 Å².